The van der Waals surface area contributed by atoms with Crippen LogP contribution >= 0.6 is 15.9 Å². The van der Waals surface area contributed by atoms with E-state index in [1.165, 1.54) is 43.4 Å². The molecule has 2 aliphatic rings. The first-order valence-electron chi connectivity index (χ1n) is 8.30. The van der Waals surface area contributed by atoms with E-state index in [9.17, 15) is 0 Å². The molecule has 21 heavy (non-hydrogen) atoms. The Balaban J connectivity index is 1.77. The second-order valence-electron chi connectivity index (χ2n) is 6.63. The Hall–Kier alpha value is -0.540. The van der Waals surface area contributed by atoms with Crippen molar-refractivity contribution < 1.29 is 4.74 Å². The van der Waals surface area contributed by atoms with Gasteiger partial charge in [0.05, 0.1) is 6.10 Å². The van der Waals surface area contributed by atoms with Crippen LogP contribution in [0, 0.1) is 12.3 Å². The van der Waals surface area contributed by atoms with E-state index in [0.29, 0.717) is 17.6 Å². The SMILES string of the molecule is CCOC1CC(Nc2cc(Br)ccc2C)C12CCCCC2. The molecule has 3 rings (SSSR count). The summed E-state index contributed by atoms with van der Waals surface area (Å²) in [6.45, 7) is 5.14. The fourth-order valence-corrected chi connectivity index (χ4v) is 4.56. The Kier molecular flexibility index (Phi) is 4.60. The number of halogens is 1. The fourth-order valence-electron chi connectivity index (χ4n) is 4.20. The van der Waals surface area contributed by atoms with Gasteiger partial charge in [0.1, 0.15) is 0 Å². The molecule has 0 radical (unpaired) electrons. The molecule has 2 nitrogen and oxygen atoms in total. The molecule has 1 spiro atoms. The molecule has 1 aromatic rings. The van der Waals surface area contributed by atoms with Gasteiger partial charge in [-0.25, -0.2) is 0 Å². The van der Waals surface area contributed by atoms with Crippen molar-refractivity contribution >= 4 is 21.6 Å². The molecular weight excluding hydrogens is 326 g/mol. The van der Waals surface area contributed by atoms with Gasteiger partial charge in [0.2, 0.25) is 0 Å². The first kappa shape index (κ1) is 15.4. The minimum atomic E-state index is 0.378. The van der Waals surface area contributed by atoms with Crippen molar-refractivity contribution in [1.29, 1.82) is 0 Å². The summed E-state index contributed by atoms with van der Waals surface area (Å²) in [5.41, 5.74) is 2.97. The van der Waals surface area contributed by atoms with Crippen LogP contribution in [0.25, 0.3) is 0 Å². The molecule has 2 saturated carbocycles. The highest BCUT2D eigenvalue weighted by atomic mass is 79.9. The molecule has 0 amide bonds. The maximum atomic E-state index is 6.04. The normalized spacial score (nSPS) is 27.4. The average molecular weight is 352 g/mol. The molecule has 116 valence electrons. The summed E-state index contributed by atoms with van der Waals surface area (Å²) >= 11 is 3.59. The lowest BCUT2D eigenvalue weighted by atomic mass is 9.55. The van der Waals surface area contributed by atoms with Crippen LogP contribution in [0.3, 0.4) is 0 Å². The summed E-state index contributed by atoms with van der Waals surface area (Å²) in [5, 5.41) is 3.83. The number of hydrogen-bond acceptors (Lipinski definition) is 2. The summed E-state index contributed by atoms with van der Waals surface area (Å²) in [6.07, 6.45) is 8.37. The zero-order valence-corrected chi connectivity index (χ0v) is 14.7. The molecule has 2 atom stereocenters. The molecule has 0 bridgehead atoms. The van der Waals surface area contributed by atoms with E-state index in [2.05, 4.69) is 53.3 Å². The number of aryl methyl sites for hydroxylation is 1. The summed E-state index contributed by atoms with van der Waals surface area (Å²) < 4.78 is 7.19. The molecular formula is C18H26BrNO. The molecule has 0 aliphatic heterocycles. The second-order valence-corrected chi connectivity index (χ2v) is 7.55. The Morgan fingerprint density at radius 3 is 2.76 bits per heavy atom. The number of nitrogens with one attached hydrogen (secondary N) is 1. The van der Waals surface area contributed by atoms with Crippen molar-refractivity contribution in [2.75, 3.05) is 11.9 Å². The predicted octanol–water partition coefficient (Wildman–Crippen LogP) is 5.30. The maximum Gasteiger partial charge on any atom is 0.0670 e. The van der Waals surface area contributed by atoms with Crippen molar-refractivity contribution in [3.8, 4) is 0 Å². The van der Waals surface area contributed by atoms with Crippen molar-refractivity contribution in [3.05, 3.63) is 28.2 Å². The first-order valence-corrected chi connectivity index (χ1v) is 9.09. The van der Waals surface area contributed by atoms with Gasteiger partial charge in [-0.15, -0.1) is 0 Å². The molecule has 2 fully saturated rings. The van der Waals surface area contributed by atoms with E-state index in [-0.39, 0.29) is 0 Å². The van der Waals surface area contributed by atoms with Gasteiger partial charge in [0.15, 0.2) is 0 Å². The summed E-state index contributed by atoms with van der Waals surface area (Å²) in [7, 11) is 0. The van der Waals surface area contributed by atoms with Crippen LogP contribution in [0.15, 0.2) is 22.7 Å². The van der Waals surface area contributed by atoms with E-state index in [1.807, 2.05) is 0 Å². The summed E-state index contributed by atoms with van der Waals surface area (Å²) in [6, 6.07) is 7.07. The Labute approximate surface area is 136 Å². The minimum Gasteiger partial charge on any atom is -0.381 e. The number of hydrogen-bond donors (Lipinski definition) is 1. The van der Waals surface area contributed by atoms with Crippen LogP contribution in [-0.4, -0.2) is 18.8 Å². The van der Waals surface area contributed by atoms with Gasteiger partial charge in [-0.2, -0.15) is 0 Å². The van der Waals surface area contributed by atoms with E-state index < -0.39 is 0 Å². The summed E-state index contributed by atoms with van der Waals surface area (Å²) in [4.78, 5) is 0. The van der Waals surface area contributed by atoms with Crippen molar-refractivity contribution in [2.45, 2.75) is 64.5 Å². The van der Waals surface area contributed by atoms with Gasteiger partial charge in [-0.3, -0.25) is 0 Å². The minimum absolute atomic E-state index is 0.378. The van der Waals surface area contributed by atoms with Crippen LogP contribution in [0.5, 0.6) is 0 Å². The predicted molar refractivity (Wildman–Crippen MR) is 91.8 cm³/mol. The monoisotopic (exact) mass is 351 g/mol. The molecule has 2 unspecified atom stereocenters. The lowest BCUT2D eigenvalue weighted by molar-refractivity contribution is -0.134. The maximum absolute atomic E-state index is 6.04. The third-order valence-corrected chi connectivity index (χ3v) is 5.96. The smallest absolute Gasteiger partial charge is 0.0670 e. The number of benzene rings is 1. The van der Waals surface area contributed by atoms with Gasteiger partial charge >= 0.3 is 0 Å². The van der Waals surface area contributed by atoms with Crippen molar-refractivity contribution in [3.63, 3.8) is 0 Å². The van der Waals surface area contributed by atoms with Crippen molar-refractivity contribution in [2.24, 2.45) is 5.41 Å². The zero-order valence-electron chi connectivity index (χ0n) is 13.1. The van der Waals surface area contributed by atoms with Gasteiger partial charge < -0.3 is 10.1 Å². The Bertz CT molecular complexity index is 496. The van der Waals surface area contributed by atoms with E-state index in [4.69, 9.17) is 4.74 Å². The quantitative estimate of drug-likeness (QED) is 0.794. The lowest BCUT2D eigenvalue weighted by Crippen LogP contribution is -2.62. The molecule has 2 aliphatic carbocycles. The topological polar surface area (TPSA) is 21.3 Å². The van der Waals surface area contributed by atoms with Crippen LogP contribution in [0.1, 0.15) is 51.0 Å². The largest absolute Gasteiger partial charge is 0.381 e. The standard InChI is InChI=1S/C18H26BrNO/c1-3-21-17-12-16(18(17)9-5-4-6-10-18)20-15-11-14(19)8-7-13(15)2/h7-8,11,16-17,20H,3-6,9-10,12H2,1-2H3. The molecule has 1 aromatic carbocycles. The second kappa shape index (κ2) is 6.29. The van der Waals surface area contributed by atoms with E-state index in [0.717, 1.165) is 17.5 Å². The van der Waals surface area contributed by atoms with Gasteiger partial charge in [0, 0.05) is 28.2 Å². The highest BCUT2D eigenvalue weighted by Crippen LogP contribution is 2.54. The summed E-state index contributed by atoms with van der Waals surface area (Å²) in [5.74, 6) is 0. The fraction of sp³-hybridized carbons (Fsp3) is 0.667. The van der Waals surface area contributed by atoms with Crippen LogP contribution in [0.2, 0.25) is 0 Å². The van der Waals surface area contributed by atoms with E-state index in [1.54, 1.807) is 0 Å². The van der Waals surface area contributed by atoms with E-state index >= 15 is 0 Å². The number of anilines is 1. The molecule has 1 N–H and O–H groups in total. The first-order chi connectivity index (χ1) is 10.2. The highest BCUT2D eigenvalue weighted by molar-refractivity contribution is 9.10. The third kappa shape index (κ3) is 2.87. The van der Waals surface area contributed by atoms with Crippen LogP contribution in [-0.2, 0) is 4.74 Å². The zero-order chi connectivity index (χ0) is 14.9. The Morgan fingerprint density at radius 2 is 2.05 bits per heavy atom. The molecule has 3 heteroatoms. The third-order valence-electron chi connectivity index (χ3n) is 5.47. The van der Waals surface area contributed by atoms with Crippen LogP contribution < -0.4 is 5.32 Å². The molecule has 0 aromatic heterocycles. The Morgan fingerprint density at radius 1 is 1.29 bits per heavy atom. The molecule has 0 saturated heterocycles. The average Bonchev–Trinajstić information content (AvgIpc) is 2.50. The van der Waals surface area contributed by atoms with Crippen LogP contribution in [0.4, 0.5) is 5.69 Å². The lowest BCUT2D eigenvalue weighted by Gasteiger charge is -2.58. The van der Waals surface area contributed by atoms with Gasteiger partial charge in [0.25, 0.3) is 0 Å². The molecule has 0 heterocycles. The van der Waals surface area contributed by atoms with Gasteiger partial charge in [-0.05, 0) is 50.8 Å². The van der Waals surface area contributed by atoms with Gasteiger partial charge in [-0.1, -0.05) is 41.3 Å². The number of rotatable bonds is 4. The van der Waals surface area contributed by atoms with Crippen molar-refractivity contribution in [1.82, 2.24) is 0 Å². The number of ether oxygens (including phenoxy) is 1. The highest BCUT2D eigenvalue weighted by Gasteiger charge is 2.55.